The van der Waals surface area contributed by atoms with Crippen LogP contribution in [0.1, 0.15) is 31.0 Å². The minimum absolute atomic E-state index is 0.293. The fourth-order valence-electron chi connectivity index (χ4n) is 3.10. The van der Waals surface area contributed by atoms with E-state index in [1.165, 1.54) is 36.2 Å². The zero-order valence-electron chi connectivity index (χ0n) is 13.5. The molecule has 0 amide bonds. The summed E-state index contributed by atoms with van der Waals surface area (Å²) in [6.45, 7) is 7.47. The first-order chi connectivity index (χ1) is 10.6. The van der Waals surface area contributed by atoms with Gasteiger partial charge in [-0.2, -0.15) is 0 Å². The van der Waals surface area contributed by atoms with Crippen molar-refractivity contribution in [3.05, 3.63) is 40.9 Å². The maximum Gasteiger partial charge on any atom is 0.123 e. The molecule has 118 valence electrons. The number of hydrogen-bond donors (Lipinski definition) is 1. The summed E-state index contributed by atoms with van der Waals surface area (Å²) in [7, 11) is 0. The van der Waals surface area contributed by atoms with Gasteiger partial charge in [0, 0.05) is 30.1 Å². The lowest BCUT2D eigenvalue weighted by molar-refractivity contribution is 0.153. The highest BCUT2D eigenvalue weighted by molar-refractivity contribution is 7.13. The second-order valence-electron chi connectivity index (χ2n) is 6.51. The Morgan fingerprint density at radius 1 is 1.36 bits per heavy atom. The molecule has 2 N–H and O–H groups in total. The molecule has 3 nitrogen and oxygen atoms in total. The second-order valence-corrected chi connectivity index (χ2v) is 7.36. The second kappa shape index (κ2) is 6.90. The number of aryl methyl sites for hydroxylation is 1. The van der Waals surface area contributed by atoms with Gasteiger partial charge in [-0.15, -0.1) is 11.3 Å². The van der Waals surface area contributed by atoms with Crippen LogP contribution in [0.4, 0.5) is 0 Å². The molecule has 4 heteroatoms. The Morgan fingerprint density at radius 2 is 2.14 bits per heavy atom. The van der Waals surface area contributed by atoms with Gasteiger partial charge in [0.2, 0.25) is 0 Å². The highest BCUT2D eigenvalue weighted by Crippen LogP contribution is 2.26. The van der Waals surface area contributed by atoms with Gasteiger partial charge in [-0.1, -0.05) is 29.8 Å². The number of likely N-dealkylation sites (tertiary alicyclic amines) is 1. The van der Waals surface area contributed by atoms with Gasteiger partial charge in [-0.25, -0.2) is 4.98 Å². The van der Waals surface area contributed by atoms with Crippen molar-refractivity contribution in [3.63, 3.8) is 0 Å². The van der Waals surface area contributed by atoms with Crippen molar-refractivity contribution in [3.8, 4) is 10.6 Å². The van der Waals surface area contributed by atoms with E-state index in [0.717, 1.165) is 18.1 Å². The smallest absolute Gasteiger partial charge is 0.123 e. The molecule has 1 aromatic carbocycles. The van der Waals surface area contributed by atoms with Crippen molar-refractivity contribution in [1.29, 1.82) is 0 Å². The van der Waals surface area contributed by atoms with Crippen molar-refractivity contribution in [2.24, 2.45) is 11.7 Å². The molecular formula is C18H25N3S. The Labute approximate surface area is 137 Å². The molecule has 2 heterocycles. The number of rotatable bonds is 4. The first-order valence-electron chi connectivity index (χ1n) is 8.11. The van der Waals surface area contributed by atoms with Gasteiger partial charge in [0.05, 0.1) is 5.69 Å². The SMILES string of the molecule is Cc1ccc(-c2nc(CN3CCCC(C(C)N)C3)cs2)cc1. The first-order valence-corrected chi connectivity index (χ1v) is 8.99. The van der Waals surface area contributed by atoms with Crippen LogP contribution < -0.4 is 5.73 Å². The fraction of sp³-hybridized carbons (Fsp3) is 0.500. The number of thiazole rings is 1. The molecule has 22 heavy (non-hydrogen) atoms. The average Bonchev–Trinajstić information content (AvgIpc) is 2.96. The molecule has 0 bridgehead atoms. The van der Waals surface area contributed by atoms with Crippen LogP contribution in [0.25, 0.3) is 10.6 Å². The maximum absolute atomic E-state index is 6.07. The molecule has 0 saturated carbocycles. The van der Waals surface area contributed by atoms with Crippen LogP contribution in [-0.2, 0) is 6.54 Å². The molecule has 2 aromatic rings. The van der Waals surface area contributed by atoms with Crippen LogP contribution in [0.3, 0.4) is 0 Å². The molecule has 0 spiro atoms. The minimum atomic E-state index is 0.293. The zero-order chi connectivity index (χ0) is 15.5. The Balaban J connectivity index is 1.65. The minimum Gasteiger partial charge on any atom is -0.328 e. The van der Waals surface area contributed by atoms with Crippen molar-refractivity contribution >= 4 is 11.3 Å². The number of hydrogen-bond acceptors (Lipinski definition) is 4. The molecule has 3 rings (SSSR count). The molecule has 1 saturated heterocycles. The molecule has 1 aliphatic heterocycles. The number of benzene rings is 1. The van der Waals surface area contributed by atoms with E-state index in [-0.39, 0.29) is 0 Å². The monoisotopic (exact) mass is 315 g/mol. The third-order valence-electron chi connectivity index (χ3n) is 4.52. The summed E-state index contributed by atoms with van der Waals surface area (Å²) < 4.78 is 0. The Hall–Kier alpha value is -1.23. The standard InChI is InChI=1S/C18H25N3S/c1-13-5-7-15(8-6-13)18-20-17(12-22-18)11-21-9-3-4-16(10-21)14(2)19/h5-8,12,14,16H,3-4,9-11,19H2,1-2H3. The van der Waals surface area contributed by atoms with Crippen LogP contribution >= 0.6 is 11.3 Å². The first kappa shape index (κ1) is 15.7. The Morgan fingerprint density at radius 3 is 2.86 bits per heavy atom. The Bertz CT molecular complexity index is 603. The molecule has 1 fully saturated rings. The molecular weight excluding hydrogens is 290 g/mol. The van der Waals surface area contributed by atoms with Crippen LogP contribution in [0.15, 0.2) is 29.6 Å². The molecule has 2 atom stereocenters. The van der Waals surface area contributed by atoms with E-state index in [2.05, 4.69) is 48.4 Å². The normalized spacial score (nSPS) is 21.0. The molecule has 2 unspecified atom stereocenters. The predicted octanol–water partition coefficient (Wildman–Crippen LogP) is 3.68. The highest BCUT2D eigenvalue weighted by Gasteiger charge is 2.23. The van der Waals surface area contributed by atoms with Crippen molar-refractivity contribution < 1.29 is 0 Å². The number of nitrogens with zero attached hydrogens (tertiary/aromatic N) is 2. The van der Waals surface area contributed by atoms with Crippen molar-refractivity contribution in [1.82, 2.24) is 9.88 Å². The van der Waals surface area contributed by atoms with Crippen LogP contribution in [-0.4, -0.2) is 29.0 Å². The van der Waals surface area contributed by atoms with E-state index < -0.39 is 0 Å². The summed E-state index contributed by atoms with van der Waals surface area (Å²) in [6, 6.07) is 8.90. The van der Waals surface area contributed by atoms with E-state index in [1.54, 1.807) is 11.3 Å². The largest absolute Gasteiger partial charge is 0.328 e. The van der Waals surface area contributed by atoms with Crippen LogP contribution in [0.2, 0.25) is 0 Å². The van der Waals surface area contributed by atoms with Gasteiger partial charge in [-0.3, -0.25) is 4.90 Å². The highest BCUT2D eigenvalue weighted by atomic mass is 32.1. The van der Waals surface area contributed by atoms with Crippen molar-refractivity contribution in [2.75, 3.05) is 13.1 Å². The average molecular weight is 315 g/mol. The van der Waals surface area contributed by atoms with E-state index in [1.807, 2.05) is 0 Å². The van der Waals surface area contributed by atoms with Gasteiger partial charge < -0.3 is 5.73 Å². The van der Waals surface area contributed by atoms with Gasteiger partial charge in [-0.05, 0) is 39.2 Å². The summed E-state index contributed by atoms with van der Waals surface area (Å²) in [4.78, 5) is 7.33. The third-order valence-corrected chi connectivity index (χ3v) is 5.46. The number of piperidine rings is 1. The lowest BCUT2D eigenvalue weighted by Crippen LogP contribution is -2.41. The molecule has 1 aromatic heterocycles. The summed E-state index contributed by atoms with van der Waals surface area (Å²) in [5.41, 5.74) is 9.77. The summed E-state index contributed by atoms with van der Waals surface area (Å²) in [5, 5.41) is 3.32. The van der Waals surface area contributed by atoms with Gasteiger partial charge >= 0.3 is 0 Å². The van der Waals surface area contributed by atoms with E-state index in [9.17, 15) is 0 Å². The van der Waals surface area contributed by atoms with Crippen molar-refractivity contribution in [2.45, 2.75) is 39.3 Å². The van der Waals surface area contributed by atoms with Gasteiger partial charge in [0.15, 0.2) is 0 Å². The van der Waals surface area contributed by atoms with E-state index >= 15 is 0 Å². The fourth-order valence-corrected chi connectivity index (χ4v) is 3.92. The third kappa shape index (κ3) is 3.75. The summed E-state index contributed by atoms with van der Waals surface area (Å²) in [5.74, 6) is 0.629. The maximum atomic E-state index is 6.07. The summed E-state index contributed by atoms with van der Waals surface area (Å²) in [6.07, 6.45) is 2.51. The van der Waals surface area contributed by atoms with E-state index in [0.29, 0.717) is 12.0 Å². The quantitative estimate of drug-likeness (QED) is 0.936. The predicted molar refractivity (Wildman–Crippen MR) is 93.9 cm³/mol. The molecule has 0 aliphatic carbocycles. The van der Waals surface area contributed by atoms with Crippen LogP contribution in [0.5, 0.6) is 0 Å². The molecule has 0 radical (unpaired) electrons. The van der Waals surface area contributed by atoms with Gasteiger partial charge in [0.25, 0.3) is 0 Å². The summed E-state index contributed by atoms with van der Waals surface area (Å²) >= 11 is 1.74. The number of aromatic nitrogens is 1. The zero-order valence-corrected chi connectivity index (χ0v) is 14.3. The lowest BCUT2D eigenvalue weighted by atomic mass is 9.92. The molecule has 1 aliphatic rings. The lowest BCUT2D eigenvalue weighted by Gasteiger charge is -2.34. The van der Waals surface area contributed by atoms with E-state index in [4.69, 9.17) is 10.7 Å². The van der Waals surface area contributed by atoms with Gasteiger partial charge in [0.1, 0.15) is 5.01 Å². The van der Waals surface area contributed by atoms with Crippen LogP contribution in [0, 0.1) is 12.8 Å². The Kier molecular flexibility index (Phi) is 4.91. The number of nitrogens with two attached hydrogens (primary N) is 1. The topological polar surface area (TPSA) is 42.2 Å².